The molecule has 0 radical (unpaired) electrons. The maximum Gasteiger partial charge on any atom is 0.311 e. The maximum absolute atomic E-state index is 12.5. The zero-order valence-electron chi connectivity index (χ0n) is 17.1. The first-order chi connectivity index (χ1) is 14.5. The zero-order valence-corrected chi connectivity index (χ0v) is 17.1. The maximum atomic E-state index is 12.5. The highest BCUT2D eigenvalue weighted by Crippen LogP contribution is 2.29. The van der Waals surface area contributed by atoms with E-state index in [1.54, 1.807) is 4.90 Å². The lowest BCUT2D eigenvalue weighted by Gasteiger charge is -2.19. The number of ether oxygens (including phenoxy) is 1. The molecule has 2 amide bonds. The monoisotopic (exact) mass is 406 g/mol. The summed E-state index contributed by atoms with van der Waals surface area (Å²) in [4.78, 5) is 38.8. The summed E-state index contributed by atoms with van der Waals surface area (Å²) in [5, 5.41) is 2.78. The minimum absolute atomic E-state index is 0.0968. The fourth-order valence-corrected chi connectivity index (χ4v) is 4.27. The van der Waals surface area contributed by atoms with E-state index < -0.39 is 11.9 Å². The number of esters is 1. The number of hydrogen-bond acceptors (Lipinski definition) is 4. The fourth-order valence-electron chi connectivity index (χ4n) is 4.27. The van der Waals surface area contributed by atoms with Gasteiger partial charge in [0.15, 0.2) is 6.61 Å². The predicted octanol–water partition coefficient (Wildman–Crippen LogP) is 3.27. The van der Waals surface area contributed by atoms with Crippen LogP contribution in [0.4, 0.5) is 11.4 Å². The van der Waals surface area contributed by atoms with E-state index in [2.05, 4.69) is 5.32 Å². The summed E-state index contributed by atoms with van der Waals surface area (Å²) in [5.74, 6) is -1.54. The van der Waals surface area contributed by atoms with Crippen LogP contribution in [0, 0.1) is 5.92 Å². The molecule has 156 valence electrons. The number of carbonyl (C=O) groups is 3. The number of hydrogen-bond donors (Lipinski definition) is 1. The van der Waals surface area contributed by atoms with Gasteiger partial charge in [-0.15, -0.1) is 0 Å². The van der Waals surface area contributed by atoms with Crippen molar-refractivity contribution in [3.8, 4) is 0 Å². The van der Waals surface area contributed by atoms with Crippen LogP contribution in [0.15, 0.2) is 42.5 Å². The van der Waals surface area contributed by atoms with Gasteiger partial charge in [-0.2, -0.15) is 0 Å². The Morgan fingerprint density at radius 1 is 1.13 bits per heavy atom. The van der Waals surface area contributed by atoms with Gasteiger partial charge in [0.1, 0.15) is 0 Å². The highest BCUT2D eigenvalue weighted by molar-refractivity contribution is 6.00. The van der Waals surface area contributed by atoms with Crippen molar-refractivity contribution < 1.29 is 19.1 Å². The Kier molecular flexibility index (Phi) is 5.84. The Bertz CT molecular complexity index is 985. The number of fused-ring (bicyclic) bond motifs is 1. The molecule has 2 aromatic rings. The summed E-state index contributed by atoms with van der Waals surface area (Å²) in [5.41, 5.74) is 5.22. The van der Waals surface area contributed by atoms with Crippen molar-refractivity contribution in [1.29, 1.82) is 0 Å². The Morgan fingerprint density at radius 2 is 1.93 bits per heavy atom. The fraction of sp³-hybridized carbons (Fsp3) is 0.375. The van der Waals surface area contributed by atoms with E-state index in [1.165, 1.54) is 11.1 Å². The molecule has 1 atom stereocenters. The van der Waals surface area contributed by atoms with Crippen LogP contribution in [-0.4, -0.2) is 30.9 Å². The SMILES string of the molecule is CCc1ccccc1N1C[C@H](C(=O)OCC(=O)Nc2ccc3c(c2)CCC3)CC1=O. The van der Waals surface area contributed by atoms with Crippen LogP contribution in [0.3, 0.4) is 0 Å². The number of nitrogens with one attached hydrogen (secondary N) is 1. The van der Waals surface area contributed by atoms with Gasteiger partial charge in [0.05, 0.1) is 5.92 Å². The molecule has 0 saturated carbocycles. The van der Waals surface area contributed by atoms with Crippen LogP contribution in [-0.2, 0) is 38.4 Å². The predicted molar refractivity (Wildman–Crippen MR) is 114 cm³/mol. The Balaban J connectivity index is 1.31. The highest BCUT2D eigenvalue weighted by Gasteiger charge is 2.37. The van der Waals surface area contributed by atoms with Gasteiger partial charge in [0.25, 0.3) is 5.91 Å². The van der Waals surface area contributed by atoms with Gasteiger partial charge in [-0.1, -0.05) is 31.2 Å². The third-order valence-corrected chi connectivity index (χ3v) is 5.85. The Labute approximate surface area is 176 Å². The molecule has 1 heterocycles. The van der Waals surface area contributed by atoms with E-state index in [9.17, 15) is 14.4 Å². The number of carbonyl (C=O) groups excluding carboxylic acids is 3. The number of anilines is 2. The highest BCUT2D eigenvalue weighted by atomic mass is 16.5. The molecule has 6 nitrogen and oxygen atoms in total. The lowest BCUT2D eigenvalue weighted by atomic mass is 10.1. The van der Waals surface area contributed by atoms with E-state index >= 15 is 0 Å². The van der Waals surface area contributed by atoms with Crippen molar-refractivity contribution in [2.45, 2.75) is 39.0 Å². The van der Waals surface area contributed by atoms with Gasteiger partial charge in [0, 0.05) is 24.3 Å². The third-order valence-electron chi connectivity index (χ3n) is 5.85. The van der Waals surface area contributed by atoms with Crippen molar-refractivity contribution in [3.05, 3.63) is 59.2 Å². The van der Waals surface area contributed by atoms with Crippen LogP contribution in [0.1, 0.15) is 36.5 Å². The number of para-hydroxylation sites is 1. The first kappa shape index (κ1) is 20.1. The van der Waals surface area contributed by atoms with Gasteiger partial charge in [-0.05, 0) is 60.6 Å². The summed E-state index contributed by atoms with van der Waals surface area (Å²) in [6, 6.07) is 13.6. The lowest BCUT2D eigenvalue weighted by Crippen LogP contribution is -2.28. The molecule has 4 rings (SSSR count). The van der Waals surface area contributed by atoms with Gasteiger partial charge in [-0.25, -0.2) is 0 Å². The van der Waals surface area contributed by atoms with Crippen molar-refractivity contribution in [2.75, 3.05) is 23.4 Å². The molecule has 0 aromatic heterocycles. The molecule has 0 spiro atoms. The van der Waals surface area contributed by atoms with Gasteiger partial charge >= 0.3 is 5.97 Å². The minimum atomic E-state index is -0.560. The molecular weight excluding hydrogens is 380 g/mol. The van der Waals surface area contributed by atoms with E-state index in [-0.39, 0.29) is 31.4 Å². The number of amides is 2. The first-order valence-corrected chi connectivity index (χ1v) is 10.5. The Morgan fingerprint density at radius 3 is 2.77 bits per heavy atom. The molecule has 30 heavy (non-hydrogen) atoms. The average Bonchev–Trinajstić information content (AvgIpc) is 3.38. The topological polar surface area (TPSA) is 75.7 Å². The largest absolute Gasteiger partial charge is 0.455 e. The van der Waals surface area contributed by atoms with Gasteiger partial charge in [0.2, 0.25) is 5.91 Å². The summed E-state index contributed by atoms with van der Waals surface area (Å²) >= 11 is 0. The van der Waals surface area contributed by atoms with Gasteiger partial charge < -0.3 is 15.0 Å². The quantitative estimate of drug-likeness (QED) is 0.747. The van der Waals surface area contributed by atoms with Crippen molar-refractivity contribution >= 4 is 29.2 Å². The standard InChI is InChI=1S/C24H26N2O4/c1-2-16-6-3-4-9-21(16)26-14-19(13-23(26)28)24(29)30-15-22(27)25-20-11-10-17-7-5-8-18(17)12-20/h3-4,6,9-12,19H,2,5,7-8,13-15H2,1H3,(H,25,27)/t19-/m1/s1. The number of aryl methyl sites for hydroxylation is 3. The van der Waals surface area contributed by atoms with Crippen molar-refractivity contribution in [1.82, 2.24) is 0 Å². The molecule has 1 fully saturated rings. The number of benzene rings is 2. The van der Waals surface area contributed by atoms with Gasteiger partial charge in [-0.3, -0.25) is 14.4 Å². The molecule has 1 aliphatic heterocycles. The molecule has 2 aliphatic rings. The van der Waals surface area contributed by atoms with Crippen molar-refractivity contribution in [2.24, 2.45) is 5.92 Å². The normalized spacial score (nSPS) is 17.7. The van der Waals surface area contributed by atoms with Crippen LogP contribution < -0.4 is 10.2 Å². The van der Waals surface area contributed by atoms with E-state index in [1.807, 2.05) is 49.4 Å². The molecule has 0 bridgehead atoms. The number of nitrogens with zero attached hydrogens (tertiary/aromatic N) is 1. The summed E-state index contributed by atoms with van der Waals surface area (Å²) < 4.78 is 5.21. The molecule has 6 heteroatoms. The number of rotatable bonds is 6. The summed E-state index contributed by atoms with van der Waals surface area (Å²) in [7, 11) is 0. The average molecular weight is 406 g/mol. The minimum Gasteiger partial charge on any atom is -0.455 e. The molecule has 0 unspecified atom stereocenters. The van der Waals surface area contributed by atoms with Crippen molar-refractivity contribution in [3.63, 3.8) is 0 Å². The van der Waals surface area contributed by atoms with Crippen LogP contribution in [0.5, 0.6) is 0 Å². The van der Waals surface area contributed by atoms with E-state index in [0.29, 0.717) is 0 Å². The first-order valence-electron chi connectivity index (χ1n) is 10.5. The second-order valence-electron chi connectivity index (χ2n) is 7.88. The molecule has 2 aromatic carbocycles. The lowest BCUT2D eigenvalue weighted by molar-refractivity contribution is -0.151. The third kappa shape index (κ3) is 4.22. The van der Waals surface area contributed by atoms with E-state index in [4.69, 9.17) is 4.74 Å². The van der Waals surface area contributed by atoms with Crippen LogP contribution in [0.25, 0.3) is 0 Å². The Hall–Kier alpha value is -3.15. The smallest absolute Gasteiger partial charge is 0.311 e. The second kappa shape index (κ2) is 8.69. The zero-order chi connectivity index (χ0) is 21.1. The molecule has 1 saturated heterocycles. The van der Waals surface area contributed by atoms with Crippen LogP contribution >= 0.6 is 0 Å². The summed E-state index contributed by atoms with van der Waals surface area (Å²) in [6.07, 6.45) is 4.16. The summed E-state index contributed by atoms with van der Waals surface area (Å²) in [6.45, 7) is 1.96. The second-order valence-corrected chi connectivity index (χ2v) is 7.88. The van der Waals surface area contributed by atoms with E-state index in [0.717, 1.165) is 42.6 Å². The molecule has 1 N–H and O–H groups in total. The molecule has 1 aliphatic carbocycles. The van der Waals surface area contributed by atoms with Crippen LogP contribution in [0.2, 0.25) is 0 Å². The molecular formula is C24H26N2O4.